The van der Waals surface area contributed by atoms with Crippen molar-refractivity contribution in [2.75, 3.05) is 7.11 Å². The van der Waals surface area contributed by atoms with Gasteiger partial charge in [-0.05, 0) is 64.1 Å². The number of nitriles is 1. The van der Waals surface area contributed by atoms with Gasteiger partial charge in [-0.15, -0.1) is 0 Å². The normalized spacial score (nSPS) is 11.0. The van der Waals surface area contributed by atoms with E-state index < -0.39 is 0 Å². The fraction of sp³-hybridized carbons (Fsp3) is 0.0625. The van der Waals surface area contributed by atoms with Crippen molar-refractivity contribution >= 4 is 45.8 Å². The lowest BCUT2D eigenvalue weighted by molar-refractivity contribution is 0.373. The largest absolute Gasteiger partial charge is 0.503 e. The molecular weight excluding hydrogens is 401 g/mol. The van der Waals surface area contributed by atoms with Gasteiger partial charge in [-0.3, -0.25) is 0 Å². The summed E-state index contributed by atoms with van der Waals surface area (Å²) in [5, 5.41) is 19.2. The first-order chi connectivity index (χ1) is 10.0. The average molecular weight is 412 g/mol. The zero-order valence-corrected chi connectivity index (χ0v) is 14.0. The van der Waals surface area contributed by atoms with Crippen LogP contribution in [0.2, 0.25) is 5.02 Å². The third-order valence-electron chi connectivity index (χ3n) is 2.86. The molecule has 0 aliphatic rings. The van der Waals surface area contributed by atoms with Gasteiger partial charge in [-0.1, -0.05) is 23.7 Å². The monoisotopic (exact) mass is 411 g/mol. The predicted molar refractivity (Wildman–Crippen MR) is 92.3 cm³/mol. The topological polar surface area (TPSA) is 53.2 Å². The molecule has 0 saturated carbocycles. The molecule has 106 valence electrons. The lowest BCUT2D eigenvalue weighted by Crippen LogP contribution is -1.87. The number of halogens is 2. The third kappa shape index (κ3) is 3.69. The number of hydrogen-bond acceptors (Lipinski definition) is 3. The summed E-state index contributed by atoms with van der Waals surface area (Å²) >= 11 is 8.16. The number of aromatic hydroxyl groups is 1. The van der Waals surface area contributed by atoms with Crippen molar-refractivity contribution in [3.05, 3.63) is 56.1 Å². The highest BCUT2D eigenvalue weighted by molar-refractivity contribution is 14.1. The zero-order chi connectivity index (χ0) is 15.4. The van der Waals surface area contributed by atoms with Crippen molar-refractivity contribution in [1.29, 1.82) is 5.26 Å². The third-order valence-corrected chi connectivity index (χ3v) is 3.86. The minimum atomic E-state index is -0.107. The van der Waals surface area contributed by atoms with Crippen LogP contribution in [0.4, 0.5) is 0 Å². The number of hydrogen-bond donors (Lipinski definition) is 1. The molecule has 1 N–H and O–H groups in total. The number of allylic oxidation sites excluding steroid dienone is 1. The van der Waals surface area contributed by atoms with Crippen LogP contribution in [-0.4, -0.2) is 12.2 Å². The van der Waals surface area contributed by atoms with E-state index in [1.165, 1.54) is 7.11 Å². The summed E-state index contributed by atoms with van der Waals surface area (Å²) < 4.78 is 6.16. The van der Waals surface area contributed by atoms with E-state index in [0.29, 0.717) is 11.1 Å². The van der Waals surface area contributed by atoms with Crippen molar-refractivity contribution in [1.82, 2.24) is 0 Å². The van der Waals surface area contributed by atoms with Gasteiger partial charge in [0, 0.05) is 3.57 Å². The van der Waals surface area contributed by atoms with Crippen LogP contribution in [0.1, 0.15) is 11.1 Å². The molecule has 0 saturated heterocycles. The molecule has 2 rings (SSSR count). The molecule has 0 amide bonds. The highest BCUT2D eigenvalue weighted by atomic mass is 127. The van der Waals surface area contributed by atoms with Gasteiger partial charge in [0.1, 0.15) is 0 Å². The van der Waals surface area contributed by atoms with Crippen LogP contribution >= 0.6 is 34.2 Å². The number of phenolic OH excluding ortho intramolecular Hbond substituents is 1. The average Bonchev–Trinajstić information content (AvgIpc) is 2.49. The van der Waals surface area contributed by atoms with Gasteiger partial charge in [-0.25, -0.2) is 0 Å². The van der Waals surface area contributed by atoms with E-state index in [-0.39, 0.29) is 16.5 Å². The first-order valence-electron chi connectivity index (χ1n) is 5.99. The summed E-state index contributed by atoms with van der Waals surface area (Å²) in [4.78, 5) is 0. The number of ether oxygens (including phenoxy) is 1. The number of rotatable bonds is 3. The number of methoxy groups -OCH3 is 1. The van der Waals surface area contributed by atoms with Crippen LogP contribution < -0.4 is 4.74 Å². The van der Waals surface area contributed by atoms with Gasteiger partial charge in [0.25, 0.3) is 0 Å². The van der Waals surface area contributed by atoms with Crippen LogP contribution in [0.15, 0.2) is 36.4 Å². The van der Waals surface area contributed by atoms with E-state index in [0.717, 1.165) is 9.13 Å². The van der Waals surface area contributed by atoms with Crippen LogP contribution in [0, 0.1) is 14.9 Å². The highest BCUT2D eigenvalue weighted by Gasteiger charge is 2.09. The molecule has 2 aromatic carbocycles. The van der Waals surface area contributed by atoms with Crippen molar-refractivity contribution in [2.45, 2.75) is 0 Å². The molecule has 3 nitrogen and oxygen atoms in total. The van der Waals surface area contributed by atoms with Gasteiger partial charge in [0.05, 0.1) is 23.8 Å². The zero-order valence-electron chi connectivity index (χ0n) is 11.1. The quantitative estimate of drug-likeness (QED) is 0.452. The van der Waals surface area contributed by atoms with Gasteiger partial charge in [0.15, 0.2) is 11.5 Å². The highest BCUT2D eigenvalue weighted by Crippen LogP contribution is 2.36. The maximum atomic E-state index is 9.72. The molecule has 0 aromatic heterocycles. The second kappa shape index (κ2) is 6.83. The predicted octanol–water partition coefficient (Wildman–Crippen LogP) is 4.72. The SMILES string of the molecule is COc1cc(C=C(C#N)c2ccc(I)cc2)cc(Cl)c1O. The van der Waals surface area contributed by atoms with Crippen molar-refractivity contribution in [3.8, 4) is 17.6 Å². The first kappa shape index (κ1) is 15.7. The van der Waals surface area contributed by atoms with Gasteiger partial charge in [-0.2, -0.15) is 5.26 Å². The molecule has 0 atom stereocenters. The van der Waals surface area contributed by atoms with E-state index >= 15 is 0 Å². The Morgan fingerprint density at radius 3 is 2.57 bits per heavy atom. The Balaban J connectivity index is 2.48. The molecule has 0 fully saturated rings. The lowest BCUT2D eigenvalue weighted by atomic mass is 10.0. The Morgan fingerprint density at radius 1 is 1.33 bits per heavy atom. The summed E-state index contributed by atoms with van der Waals surface area (Å²) in [6.07, 6.45) is 1.70. The molecule has 0 radical (unpaired) electrons. The maximum absolute atomic E-state index is 9.72. The van der Waals surface area contributed by atoms with Crippen LogP contribution in [0.25, 0.3) is 11.6 Å². The molecule has 0 heterocycles. The number of phenols is 1. The molecule has 5 heteroatoms. The van der Waals surface area contributed by atoms with E-state index in [4.69, 9.17) is 16.3 Å². The van der Waals surface area contributed by atoms with E-state index in [1.807, 2.05) is 24.3 Å². The fourth-order valence-corrected chi connectivity index (χ4v) is 2.39. The Bertz CT molecular complexity index is 733. The van der Waals surface area contributed by atoms with Gasteiger partial charge < -0.3 is 9.84 Å². The molecule has 0 bridgehead atoms. The van der Waals surface area contributed by atoms with Crippen molar-refractivity contribution in [2.24, 2.45) is 0 Å². The second-order valence-corrected chi connectivity index (χ2v) is 5.88. The first-order valence-corrected chi connectivity index (χ1v) is 7.45. The smallest absolute Gasteiger partial charge is 0.176 e. The van der Waals surface area contributed by atoms with Gasteiger partial charge >= 0.3 is 0 Å². The van der Waals surface area contributed by atoms with Crippen LogP contribution in [0.5, 0.6) is 11.5 Å². The summed E-state index contributed by atoms with van der Waals surface area (Å²) in [5.74, 6) is 0.165. The maximum Gasteiger partial charge on any atom is 0.176 e. The molecule has 0 spiro atoms. The Kier molecular flexibility index (Phi) is 5.10. The fourth-order valence-electron chi connectivity index (χ4n) is 1.81. The summed E-state index contributed by atoms with van der Waals surface area (Å²) in [7, 11) is 1.45. The van der Waals surface area contributed by atoms with Gasteiger partial charge in [0.2, 0.25) is 0 Å². The summed E-state index contributed by atoms with van der Waals surface area (Å²) in [5.41, 5.74) is 2.01. The van der Waals surface area contributed by atoms with Crippen LogP contribution in [0.3, 0.4) is 0 Å². The van der Waals surface area contributed by atoms with Crippen LogP contribution in [-0.2, 0) is 0 Å². The minimum absolute atomic E-state index is 0.107. The van der Waals surface area contributed by atoms with E-state index in [2.05, 4.69) is 28.7 Å². The van der Waals surface area contributed by atoms with E-state index in [9.17, 15) is 10.4 Å². The molecule has 0 unspecified atom stereocenters. The molecule has 0 aliphatic heterocycles. The summed E-state index contributed by atoms with van der Waals surface area (Å²) in [6, 6.07) is 13.0. The lowest BCUT2D eigenvalue weighted by Gasteiger charge is -2.07. The second-order valence-electron chi connectivity index (χ2n) is 4.23. The Labute approximate surface area is 141 Å². The molecule has 21 heavy (non-hydrogen) atoms. The molecular formula is C16H11ClINO2. The van der Waals surface area contributed by atoms with Crippen molar-refractivity contribution in [3.63, 3.8) is 0 Å². The number of benzene rings is 2. The number of nitrogens with zero attached hydrogens (tertiary/aromatic N) is 1. The molecule has 0 aliphatic carbocycles. The minimum Gasteiger partial charge on any atom is -0.503 e. The Morgan fingerprint density at radius 2 is 2.00 bits per heavy atom. The standard InChI is InChI=1S/C16H11ClINO2/c1-21-15-8-10(7-14(17)16(15)20)6-12(9-19)11-2-4-13(18)5-3-11/h2-8,20H,1H3. The molecule has 2 aromatic rings. The summed E-state index contributed by atoms with van der Waals surface area (Å²) in [6.45, 7) is 0. The Hall–Kier alpha value is -1.71. The van der Waals surface area contributed by atoms with Crippen molar-refractivity contribution < 1.29 is 9.84 Å². The van der Waals surface area contributed by atoms with E-state index in [1.54, 1.807) is 18.2 Å².